The molecule has 0 aromatic rings. The summed E-state index contributed by atoms with van der Waals surface area (Å²) in [6.07, 6.45) is 27.4. The molecule has 1 aliphatic rings. The van der Waals surface area contributed by atoms with Gasteiger partial charge < -0.3 is 39.9 Å². The Morgan fingerprint density at radius 2 is 0.852 bits per heavy atom. The van der Waals surface area contributed by atoms with Crippen molar-refractivity contribution in [3.8, 4) is 0 Å². The van der Waals surface area contributed by atoms with Gasteiger partial charge in [-0.05, 0) is 32.1 Å². The average molecular weight is 893 g/mol. The van der Waals surface area contributed by atoms with Crippen LogP contribution in [0.5, 0.6) is 0 Å². The van der Waals surface area contributed by atoms with Crippen LogP contribution in [0.2, 0.25) is 0 Å². The van der Waals surface area contributed by atoms with Crippen molar-refractivity contribution in [2.75, 3.05) is 13.2 Å². The van der Waals surface area contributed by atoms with Gasteiger partial charge in [-0.1, -0.05) is 187 Å². The Morgan fingerprint density at radius 3 is 1.30 bits per heavy atom. The van der Waals surface area contributed by atoms with Gasteiger partial charge in [0.15, 0.2) is 6.10 Å². The standard InChI is InChI=1S/C47H89O13P/c1-3-5-7-9-11-13-14-15-16-17-18-19-20-21-22-23-24-25-26-28-29-31-33-35-40(48)57-37-39(59-41(49)36-34-32-30-27-12-10-8-6-4-2)38-58-61(55,56)60-47-45(53)43(51)42(50)44(52)46(47)54/h28-29,39,42-47,50-54H,3-27,30-38H2,1-2H3,(H,55,56)/b29-28+/t39-,42?,43-,44?,45?,46?,47?/m0/s1. The number of aliphatic hydroxyl groups is 5. The summed E-state index contributed by atoms with van der Waals surface area (Å²) in [5, 5.41) is 50.1. The lowest BCUT2D eigenvalue weighted by Gasteiger charge is -2.41. The van der Waals surface area contributed by atoms with Gasteiger partial charge in [-0.2, -0.15) is 0 Å². The number of unbranched alkanes of at least 4 members (excludes halogenated alkanes) is 27. The normalized spacial score (nSPS) is 22.0. The molecule has 0 aromatic carbocycles. The molecule has 13 nitrogen and oxygen atoms in total. The molecular weight excluding hydrogens is 803 g/mol. The predicted octanol–water partition coefficient (Wildman–Crippen LogP) is 9.84. The lowest BCUT2D eigenvalue weighted by molar-refractivity contribution is -0.220. The minimum Gasteiger partial charge on any atom is -0.462 e. The van der Waals surface area contributed by atoms with Gasteiger partial charge in [-0.15, -0.1) is 0 Å². The van der Waals surface area contributed by atoms with E-state index >= 15 is 0 Å². The first-order valence-corrected chi connectivity index (χ1v) is 26.0. The van der Waals surface area contributed by atoms with E-state index in [1.165, 1.54) is 135 Å². The topological polar surface area (TPSA) is 210 Å². The number of aliphatic hydroxyl groups excluding tert-OH is 5. The van der Waals surface area contributed by atoms with Crippen molar-refractivity contribution < 1.29 is 63.1 Å². The number of phosphoric ester groups is 1. The van der Waals surface area contributed by atoms with Crippen LogP contribution < -0.4 is 0 Å². The van der Waals surface area contributed by atoms with Gasteiger partial charge in [0, 0.05) is 12.8 Å². The van der Waals surface area contributed by atoms with E-state index in [1.54, 1.807) is 0 Å². The second-order valence-electron chi connectivity index (χ2n) is 17.3. The van der Waals surface area contributed by atoms with E-state index in [0.717, 1.165) is 38.5 Å². The van der Waals surface area contributed by atoms with Gasteiger partial charge in [0.05, 0.1) is 6.61 Å². The third-order valence-electron chi connectivity index (χ3n) is 11.6. The molecule has 0 spiro atoms. The first-order chi connectivity index (χ1) is 29.4. The fraction of sp³-hybridized carbons (Fsp3) is 0.915. The van der Waals surface area contributed by atoms with E-state index < -0.39 is 75.7 Å². The molecule has 0 heterocycles. The van der Waals surface area contributed by atoms with Crippen LogP contribution in [0.25, 0.3) is 0 Å². The number of hydrogen-bond donors (Lipinski definition) is 6. The number of carbonyl (C=O) groups excluding carboxylic acids is 2. The van der Waals surface area contributed by atoms with E-state index in [4.69, 9.17) is 18.5 Å². The van der Waals surface area contributed by atoms with Gasteiger partial charge in [0.1, 0.15) is 43.2 Å². The van der Waals surface area contributed by atoms with Crippen molar-refractivity contribution in [3.63, 3.8) is 0 Å². The maximum atomic E-state index is 12.8. The summed E-state index contributed by atoms with van der Waals surface area (Å²) >= 11 is 0. The number of carbonyl (C=O) groups is 2. The Balaban J connectivity index is 2.33. The molecule has 1 aliphatic carbocycles. The molecule has 0 saturated heterocycles. The summed E-state index contributed by atoms with van der Waals surface area (Å²) < 4.78 is 33.4. The number of esters is 2. The Bertz CT molecular complexity index is 1120. The highest BCUT2D eigenvalue weighted by molar-refractivity contribution is 7.47. The SMILES string of the molecule is CCCCCCCCCCCCCCCCCCCC/C=C/CCCC(=O)OC[C@@H](COP(=O)(O)OC1C(O)C(O)C(O)[C@H](O)C1O)OC(=O)CCCCCCCCCCC. The summed E-state index contributed by atoms with van der Waals surface area (Å²) in [6.45, 7) is 3.26. The molecule has 1 saturated carbocycles. The Hall–Kier alpha value is -1.41. The minimum atomic E-state index is -5.11. The first-order valence-electron chi connectivity index (χ1n) is 24.5. The highest BCUT2D eigenvalue weighted by Crippen LogP contribution is 2.47. The van der Waals surface area contributed by atoms with Crippen LogP contribution in [0.1, 0.15) is 219 Å². The molecule has 0 aliphatic heterocycles. The molecule has 0 aromatic heterocycles. The quantitative estimate of drug-likeness (QED) is 0.0146. The van der Waals surface area contributed by atoms with E-state index in [9.17, 15) is 44.6 Å². The number of phosphoric acid groups is 1. The molecule has 0 bridgehead atoms. The van der Waals surface area contributed by atoms with Crippen LogP contribution in [0.4, 0.5) is 0 Å². The highest BCUT2D eigenvalue weighted by atomic mass is 31.2. The van der Waals surface area contributed by atoms with E-state index in [2.05, 4.69) is 26.0 Å². The second-order valence-corrected chi connectivity index (χ2v) is 18.7. The number of hydrogen-bond acceptors (Lipinski definition) is 12. The Labute approximate surface area is 369 Å². The Morgan fingerprint density at radius 1 is 0.492 bits per heavy atom. The van der Waals surface area contributed by atoms with Crippen molar-refractivity contribution in [1.82, 2.24) is 0 Å². The van der Waals surface area contributed by atoms with E-state index in [0.29, 0.717) is 19.3 Å². The van der Waals surface area contributed by atoms with Gasteiger partial charge in [0.25, 0.3) is 0 Å². The van der Waals surface area contributed by atoms with Crippen molar-refractivity contribution in [3.05, 3.63) is 12.2 Å². The summed E-state index contributed by atoms with van der Waals surface area (Å²) in [7, 11) is -5.11. The minimum absolute atomic E-state index is 0.0952. The van der Waals surface area contributed by atoms with E-state index in [-0.39, 0.29) is 12.8 Å². The average Bonchev–Trinajstić information content (AvgIpc) is 3.24. The molecule has 14 heteroatoms. The molecule has 61 heavy (non-hydrogen) atoms. The third kappa shape index (κ3) is 30.4. The van der Waals surface area contributed by atoms with Gasteiger partial charge >= 0.3 is 19.8 Å². The van der Waals surface area contributed by atoms with Crippen LogP contribution in [0.3, 0.4) is 0 Å². The smallest absolute Gasteiger partial charge is 0.462 e. The lowest BCUT2D eigenvalue weighted by Crippen LogP contribution is -2.64. The second kappa shape index (κ2) is 37.9. The molecule has 360 valence electrons. The van der Waals surface area contributed by atoms with Gasteiger partial charge in [-0.3, -0.25) is 18.6 Å². The fourth-order valence-corrected chi connectivity index (χ4v) is 8.62. The van der Waals surface area contributed by atoms with Gasteiger partial charge in [-0.25, -0.2) is 4.57 Å². The van der Waals surface area contributed by atoms with Gasteiger partial charge in [0.2, 0.25) is 0 Å². The van der Waals surface area contributed by atoms with Crippen LogP contribution >= 0.6 is 7.82 Å². The molecular formula is C47H89O13P. The number of ether oxygens (including phenoxy) is 2. The third-order valence-corrected chi connectivity index (χ3v) is 12.6. The maximum absolute atomic E-state index is 12.8. The summed E-state index contributed by atoms with van der Waals surface area (Å²) in [4.78, 5) is 35.6. The van der Waals surface area contributed by atoms with Crippen LogP contribution in [0.15, 0.2) is 12.2 Å². The molecule has 6 unspecified atom stereocenters. The summed E-state index contributed by atoms with van der Waals surface area (Å²) in [5.41, 5.74) is 0. The fourth-order valence-electron chi connectivity index (χ4n) is 7.65. The predicted molar refractivity (Wildman–Crippen MR) is 240 cm³/mol. The molecule has 0 amide bonds. The Kier molecular flexibility index (Phi) is 35.8. The zero-order valence-corrected chi connectivity index (χ0v) is 39.1. The maximum Gasteiger partial charge on any atom is 0.472 e. The largest absolute Gasteiger partial charge is 0.472 e. The molecule has 8 atom stereocenters. The summed E-state index contributed by atoms with van der Waals surface area (Å²) in [6, 6.07) is 0. The molecule has 1 rings (SSSR count). The monoisotopic (exact) mass is 893 g/mol. The van der Waals surface area contributed by atoms with E-state index in [1.807, 2.05) is 0 Å². The van der Waals surface area contributed by atoms with Crippen molar-refractivity contribution in [2.45, 2.75) is 262 Å². The lowest BCUT2D eigenvalue weighted by atomic mass is 9.85. The molecule has 0 radical (unpaired) electrons. The van der Waals surface area contributed by atoms with Crippen LogP contribution in [-0.4, -0.2) is 98.3 Å². The van der Waals surface area contributed by atoms with Crippen molar-refractivity contribution >= 4 is 19.8 Å². The molecule has 6 N–H and O–H groups in total. The molecule has 1 fully saturated rings. The zero-order chi connectivity index (χ0) is 45.0. The number of allylic oxidation sites excluding steroid dienone is 2. The van der Waals surface area contributed by atoms with Crippen molar-refractivity contribution in [2.24, 2.45) is 0 Å². The summed E-state index contributed by atoms with van der Waals surface area (Å²) in [5.74, 6) is -1.13. The zero-order valence-electron chi connectivity index (χ0n) is 38.2. The first kappa shape index (κ1) is 57.6. The van der Waals surface area contributed by atoms with Crippen LogP contribution in [0, 0.1) is 0 Å². The number of rotatable bonds is 41. The highest BCUT2D eigenvalue weighted by Gasteiger charge is 2.51. The van der Waals surface area contributed by atoms with Crippen molar-refractivity contribution in [1.29, 1.82) is 0 Å². The van der Waals surface area contributed by atoms with Crippen LogP contribution in [-0.2, 0) is 32.7 Å².